The van der Waals surface area contributed by atoms with Crippen LogP contribution in [0.15, 0.2) is 72.9 Å². The Balaban J connectivity index is 1.98. The number of carbonyl (C=O) groups is 1. The fourth-order valence-corrected chi connectivity index (χ4v) is 3.28. The number of benzene rings is 1. The van der Waals surface area contributed by atoms with Crippen LogP contribution in [0.2, 0.25) is 0 Å². The molecule has 0 aliphatic carbocycles. The molecule has 1 N–H and O–H groups in total. The van der Waals surface area contributed by atoms with Crippen molar-refractivity contribution in [1.82, 2.24) is 5.32 Å². The Morgan fingerprint density at radius 3 is 2.06 bits per heavy atom. The Bertz CT molecular complexity index is 716. The third-order valence-corrected chi connectivity index (χ3v) is 5.14. The molecule has 1 aromatic carbocycles. The van der Waals surface area contributed by atoms with Crippen molar-refractivity contribution in [2.24, 2.45) is 0 Å². The molecule has 1 aromatic rings. The molecule has 0 saturated carbocycles. The molecule has 0 unspecified atom stereocenters. The fourth-order valence-electron chi connectivity index (χ4n) is 3.28. The third-order valence-electron chi connectivity index (χ3n) is 5.14. The van der Waals surface area contributed by atoms with Crippen molar-refractivity contribution in [3.8, 4) is 5.75 Å². The zero-order valence-electron chi connectivity index (χ0n) is 20.2. The average molecular weight is 438 g/mol. The minimum atomic E-state index is 0.121. The Morgan fingerprint density at radius 1 is 0.844 bits per heavy atom. The quantitative estimate of drug-likeness (QED) is 0.191. The van der Waals surface area contributed by atoms with Crippen molar-refractivity contribution in [3.05, 3.63) is 78.4 Å². The number of nitrogens with one attached hydrogen (secondary N) is 1. The normalized spacial score (nSPS) is 11.9. The summed E-state index contributed by atoms with van der Waals surface area (Å²) in [5.74, 6) is 0.998. The van der Waals surface area contributed by atoms with Gasteiger partial charge in [-0.15, -0.1) is 0 Å². The molecule has 3 heteroatoms. The van der Waals surface area contributed by atoms with Crippen LogP contribution < -0.4 is 10.1 Å². The highest BCUT2D eigenvalue weighted by atomic mass is 16.5. The van der Waals surface area contributed by atoms with Gasteiger partial charge < -0.3 is 10.1 Å². The summed E-state index contributed by atoms with van der Waals surface area (Å²) in [5, 5.41) is 3.00. The molecular weight excluding hydrogens is 394 g/mol. The topological polar surface area (TPSA) is 38.3 Å². The highest BCUT2D eigenvalue weighted by molar-refractivity contribution is 5.75. The van der Waals surface area contributed by atoms with E-state index in [-0.39, 0.29) is 5.91 Å². The van der Waals surface area contributed by atoms with Crippen LogP contribution in [0.25, 0.3) is 0 Å². The fraction of sp³-hybridized carbons (Fsp3) is 0.483. The first-order valence-corrected chi connectivity index (χ1v) is 12.3. The Morgan fingerprint density at radius 2 is 1.44 bits per heavy atom. The molecule has 0 heterocycles. The third kappa shape index (κ3) is 15.3. The predicted molar refractivity (Wildman–Crippen MR) is 138 cm³/mol. The minimum Gasteiger partial charge on any atom is -0.496 e. The second kappa shape index (κ2) is 20.4. The van der Waals surface area contributed by atoms with E-state index in [0.29, 0.717) is 13.0 Å². The second-order valence-electron chi connectivity index (χ2n) is 7.89. The van der Waals surface area contributed by atoms with Crippen molar-refractivity contribution in [2.45, 2.75) is 77.6 Å². The van der Waals surface area contributed by atoms with Gasteiger partial charge in [0, 0.05) is 13.0 Å². The van der Waals surface area contributed by atoms with E-state index in [9.17, 15) is 4.79 Å². The van der Waals surface area contributed by atoms with Crippen LogP contribution in [-0.4, -0.2) is 19.6 Å². The number of rotatable bonds is 18. The number of hydrogen-bond donors (Lipinski definition) is 1. The van der Waals surface area contributed by atoms with Crippen molar-refractivity contribution in [2.75, 3.05) is 13.7 Å². The van der Waals surface area contributed by atoms with Gasteiger partial charge in [-0.05, 0) is 63.0 Å². The molecule has 0 radical (unpaired) electrons. The maximum absolute atomic E-state index is 12.0. The van der Waals surface area contributed by atoms with Crippen LogP contribution in [0.4, 0.5) is 0 Å². The van der Waals surface area contributed by atoms with E-state index in [1.807, 2.05) is 24.3 Å². The Hall–Kier alpha value is -2.55. The van der Waals surface area contributed by atoms with Crippen molar-refractivity contribution >= 4 is 5.91 Å². The van der Waals surface area contributed by atoms with Gasteiger partial charge in [0.15, 0.2) is 0 Å². The second-order valence-corrected chi connectivity index (χ2v) is 7.89. The van der Waals surface area contributed by atoms with Crippen molar-refractivity contribution in [3.63, 3.8) is 0 Å². The van der Waals surface area contributed by atoms with E-state index in [1.165, 1.54) is 25.7 Å². The molecule has 0 fully saturated rings. The molecule has 0 saturated heterocycles. The zero-order valence-corrected chi connectivity index (χ0v) is 20.2. The number of allylic oxidation sites excluding steroid dienone is 8. The first kappa shape index (κ1) is 27.5. The van der Waals surface area contributed by atoms with Gasteiger partial charge in [-0.25, -0.2) is 0 Å². The SMILES string of the molecule is CCCCC/C=C\C/C=C\C/C=C\C/C=C\CCCC(=O)NCCc1ccccc1OC. The number of hydrogen-bond acceptors (Lipinski definition) is 2. The van der Waals surface area contributed by atoms with Gasteiger partial charge in [-0.2, -0.15) is 0 Å². The number of carbonyl (C=O) groups excluding carboxylic acids is 1. The molecule has 32 heavy (non-hydrogen) atoms. The number of methoxy groups -OCH3 is 1. The lowest BCUT2D eigenvalue weighted by Crippen LogP contribution is -2.25. The molecule has 0 aliphatic heterocycles. The first-order valence-electron chi connectivity index (χ1n) is 12.3. The zero-order chi connectivity index (χ0) is 23.1. The monoisotopic (exact) mass is 437 g/mol. The number of amides is 1. The lowest BCUT2D eigenvalue weighted by Gasteiger charge is -2.09. The summed E-state index contributed by atoms with van der Waals surface area (Å²) in [5.41, 5.74) is 1.12. The van der Waals surface area contributed by atoms with Crippen LogP contribution in [0, 0.1) is 0 Å². The molecule has 176 valence electrons. The summed E-state index contributed by atoms with van der Waals surface area (Å²) in [7, 11) is 1.67. The average Bonchev–Trinajstić information content (AvgIpc) is 2.81. The van der Waals surface area contributed by atoms with Crippen LogP contribution in [0.5, 0.6) is 5.75 Å². The van der Waals surface area contributed by atoms with Gasteiger partial charge >= 0.3 is 0 Å². The lowest BCUT2D eigenvalue weighted by molar-refractivity contribution is -0.121. The predicted octanol–water partition coefficient (Wildman–Crippen LogP) is 7.50. The van der Waals surface area contributed by atoms with Crippen molar-refractivity contribution in [1.29, 1.82) is 0 Å². The van der Waals surface area contributed by atoms with Gasteiger partial charge in [0.25, 0.3) is 0 Å². The van der Waals surface area contributed by atoms with Crippen LogP contribution in [0.3, 0.4) is 0 Å². The van der Waals surface area contributed by atoms with Crippen LogP contribution in [0.1, 0.15) is 76.7 Å². The van der Waals surface area contributed by atoms with E-state index in [4.69, 9.17) is 4.74 Å². The molecule has 0 aromatic heterocycles. The number of para-hydroxylation sites is 1. The van der Waals surface area contributed by atoms with Gasteiger partial charge in [0.1, 0.15) is 5.75 Å². The minimum absolute atomic E-state index is 0.121. The molecular formula is C29H43NO2. The Labute approximate surface area is 196 Å². The summed E-state index contributed by atoms with van der Waals surface area (Å²) in [4.78, 5) is 12.0. The summed E-state index contributed by atoms with van der Waals surface area (Å²) in [6, 6.07) is 7.93. The lowest BCUT2D eigenvalue weighted by atomic mass is 10.1. The van der Waals surface area contributed by atoms with E-state index in [2.05, 4.69) is 60.8 Å². The van der Waals surface area contributed by atoms with Crippen molar-refractivity contribution < 1.29 is 9.53 Å². The van der Waals surface area contributed by atoms with Gasteiger partial charge in [-0.3, -0.25) is 4.79 Å². The number of ether oxygens (including phenoxy) is 1. The molecule has 0 bridgehead atoms. The highest BCUT2D eigenvalue weighted by Crippen LogP contribution is 2.17. The molecule has 1 rings (SSSR count). The first-order chi connectivity index (χ1) is 15.8. The standard InChI is InChI=1S/C29H43NO2/c1-3-4-5-6-7-8-9-10-11-12-13-14-15-16-17-18-19-24-29(31)30-26-25-27-22-20-21-23-28(27)32-2/h7-8,10-11,13-14,16-17,20-23H,3-6,9,12,15,18-19,24-26H2,1-2H3,(H,30,31)/b8-7-,11-10-,14-13-,17-16-. The van der Waals surface area contributed by atoms with Gasteiger partial charge in [-0.1, -0.05) is 86.6 Å². The largest absolute Gasteiger partial charge is 0.496 e. The summed E-state index contributed by atoms with van der Waals surface area (Å²) in [6.45, 7) is 2.88. The molecule has 3 nitrogen and oxygen atoms in total. The van der Waals surface area contributed by atoms with E-state index < -0.39 is 0 Å². The van der Waals surface area contributed by atoms with E-state index in [1.54, 1.807) is 7.11 Å². The molecule has 1 amide bonds. The van der Waals surface area contributed by atoms with E-state index in [0.717, 1.165) is 49.8 Å². The van der Waals surface area contributed by atoms with E-state index >= 15 is 0 Å². The number of unbranched alkanes of at least 4 members (excludes halogenated alkanes) is 4. The highest BCUT2D eigenvalue weighted by Gasteiger charge is 2.03. The van der Waals surface area contributed by atoms with Crippen LogP contribution in [-0.2, 0) is 11.2 Å². The molecule has 0 atom stereocenters. The van der Waals surface area contributed by atoms with Gasteiger partial charge in [0.05, 0.1) is 7.11 Å². The van der Waals surface area contributed by atoms with Gasteiger partial charge in [0.2, 0.25) is 5.91 Å². The molecule has 0 aliphatic rings. The summed E-state index contributed by atoms with van der Waals surface area (Å²) in [6.07, 6.45) is 29.1. The summed E-state index contributed by atoms with van der Waals surface area (Å²) >= 11 is 0. The Kier molecular flexibility index (Phi) is 17.5. The molecule has 0 spiro atoms. The summed E-state index contributed by atoms with van der Waals surface area (Å²) < 4.78 is 5.34. The maximum Gasteiger partial charge on any atom is 0.220 e. The maximum atomic E-state index is 12.0. The smallest absolute Gasteiger partial charge is 0.220 e. The van der Waals surface area contributed by atoms with Crippen LogP contribution >= 0.6 is 0 Å².